The van der Waals surface area contributed by atoms with E-state index in [1.807, 2.05) is 0 Å². The van der Waals surface area contributed by atoms with E-state index in [2.05, 4.69) is 29.1 Å². The number of aromatic nitrogens is 1. The molecule has 0 saturated carbocycles. The van der Waals surface area contributed by atoms with E-state index in [1.54, 1.807) is 11.3 Å². The number of aliphatic carboxylic acids is 1. The van der Waals surface area contributed by atoms with Crippen molar-refractivity contribution in [3.05, 3.63) is 16.1 Å². The smallest absolute Gasteiger partial charge is 0.303 e. The predicted octanol–water partition coefficient (Wildman–Crippen LogP) is 2.17. The number of hydrogen-bond donors (Lipinski definition) is 1. The van der Waals surface area contributed by atoms with Crippen LogP contribution < -0.4 is 0 Å². The van der Waals surface area contributed by atoms with Gasteiger partial charge in [0.05, 0.1) is 17.1 Å². The molecular formula is C12H18N2O2S. The van der Waals surface area contributed by atoms with Gasteiger partial charge in [-0.1, -0.05) is 13.8 Å². The van der Waals surface area contributed by atoms with Crippen LogP contribution in [0.25, 0.3) is 0 Å². The van der Waals surface area contributed by atoms with Gasteiger partial charge in [-0.2, -0.15) is 0 Å². The molecule has 4 nitrogen and oxygen atoms in total. The second-order valence-electron chi connectivity index (χ2n) is 4.99. The van der Waals surface area contributed by atoms with E-state index in [4.69, 9.17) is 5.11 Å². The van der Waals surface area contributed by atoms with Crippen LogP contribution in [0, 0.1) is 5.92 Å². The summed E-state index contributed by atoms with van der Waals surface area (Å²) >= 11 is 1.71. The van der Waals surface area contributed by atoms with Crippen LogP contribution in [0.4, 0.5) is 0 Å². The van der Waals surface area contributed by atoms with E-state index in [-0.39, 0.29) is 0 Å². The van der Waals surface area contributed by atoms with Crippen molar-refractivity contribution >= 4 is 17.3 Å². The average Bonchev–Trinajstić information content (AvgIpc) is 2.62. The molecule has 5 heteroatoms. The molecule has 1 N–H and O–H groups in total. The van der Waals surface area contributed by atoms with Gasteiger partial charge in [0.25, 0.3) is 0 Å². The van der Waals surface area contributed by atoms with Gasteiger partial charge in [0.2, 0.25) is 0 Å². The highest BCUT2D eigenvalue weighted by atomic mass is 32.1. The molecule has 2 heterocycles. The van der Waals surface area contributed by atoms with Crippen molar-refractivity contribution in [2.75, 3.05) is 13.1 Å². The van der Waals surface area contributed by atoms with Crippen LogP contribution in [0.5, 0.6) is 0 Å². The maximum atomic E-state index is 10.5. The van der Waals surface area contributed by atoms with Crippen LogP contribution in [-0.4, -0.2) is 34.0 Å². The summed E-state index contributed by atoms with van der Waals surface area (Å²) in [7, 11) is 0. The van der Waals surface area contributed by atoms with Gasteiger partial charge in [0.15, 0.2) is 0 Å². The van der Waals surface area contributed by atoms with Gasteiger partial charge in [-0.15, -0.1) is 11.3 Å². The third-order valence-corrected chi connectivity index (χ3v) is 4.14. The molecule has 17 heavy (non-hydrogen) atoms. The number of thiazole rings is 1. The van der Waals surface area contributed by atoms with E-state index >= 15 is 0 Å². The minimum Gasteiger partial charge on any atom is -0.481 e. The first-order valence-corrected chi connectivity index (χ1v) is 6.81. The molecule has 2 rings (SSSR count). The molecule has 0 radical (unpaired) electrons. The Labute approximate surface area is 105 Å². The summed E-state index contributed by atoms with van der Waals surface area (Å²) in [4.78, 5) is 17.4. The Kier molecular flexibility index (Phi) is 3.79. The quantitative estimate of drug-likeness (QED) is 0.875. The van der Waals surface area contributed by atoms with Crippen molar-refractivity contribution in [2.24, 2.45) is 5.92 Å². The van der Waals surface area contributed by atoms with Crippen molar-refractivity contribution < 1.29 is 9.90 Å². The Bertz CT molecular complexity index is 397. The highest BCUT2D eigenvalue weighted by Crippen LogP contribution is 2.24. The molecular weight excluding hydrogens is 236 g/mol. The van der Waals surface area contributed by atoms with Crippen LogP contribution in [-0.2, 0) is 11.3 Å². The maximum absolute atomic E-state index is 10.5. The van der Waals surface area contributed by atoms with Crippen molar-refractivity contribution in [3.8, 4) is 0 Å². The zero-order valence-electron chi connectivity index (χ0n) is 10.2. The Morgan fingerprint density at radius 3 is 2.88 bits per heavy atom. The SMILES string of the molecule is CC(C)c1nc(CN2CC(CC(=O)O)C2)cs1. The van der Waals surface area contributed by atoms with Crippen molar-refractivity contribution in [3.63, 3.8) is 0 Å². The lowest BCUT2D eigenvalue weighted by molar-refractivity contribution is -0.139. The third kappa shape index (κ3) is 3.26. The van der Waals surface area contributed by atoms with Crippen molar-refractivity contribution in [1.82, 2.24) is 9.88 Å². The molecule has 1 aliphatic heterocycles. The zero-order chi connectivity index (χ0) is 12.4. The fourth-order valence-corrected chi connectivity index (χ4v) is 2.90. The summed E-state index contributed by atoms with van der Waals surface area (Å²) in [6, 6.07) is 0. The fourth-order valence-electron chi connectivity index (χ4n) is 2.07. The van der Waals surface area contributed by atoms with Gasteiger partial charge < -0.3 is 5.11 Å². The van der Waals surface area contributed by atoms with Crippen LogP contribution in [0.1, 0.15) is 36.9 Å². The number of likely N-dealkylation sites (tertiary alicyclic amines) is 1. The molecule has 1 saturated heterocycles. The third-order valence-electron chi connectivity index (χ3n) is 2.95. The Morgan fingerprint density at radius 1 is 1.65 bits per heavy atom. The Morgan fingerprint density at radius 2 is 2.35 bits per heavy atom. The molecule has 0 unspecified atom stereocenters. The molecule has 0 spiro atoms. The van der Waals surface area contributed by atoms with Crippen LogP contribution in [0.15, 0.2) is 5.38 Å². The maximum Gasteiger partial charge on any atom is 0.303 e. The lowest BCUT2D eigenvalue weighted by atomic mass is 9.96. The Balaban J connectivity index is 1.77. The number of carboxylic acids is 1. The largest absolute Gasteiger partial charge is 0.481 e. The van der Waals surface area contributed by atoms with Gasteiger partial charge in [0.1, 0.15) is 0 Å². The standard InChI is InChI=1S/C12H18N2O2S/c1-8(2)12-13-10(7-17-12)6-14-4-9(5-14)3-11(15)16/h7-9H,3-6H2,1-2H3,(H,15,16). The van der Waals surface area contributed by atoms with E-state index < -0.39 is 5.97 Å². The second kappa shape index (κ2) is 5.14. The first-order chi connectivity index (χ1) is 8.04. The summed E-state index contributed by atoms with van der Waals surface area (Å²) in [6.45, 7) is 6.94. The monoisotopic (exact) mass is 254 g/mol. The minimum absolute atomic E-state index is 0.296. The number of carbonyl (C=O) groups is 1. The molecule has 0 aromatic carbocycles. The van der Waals surface area contributed by atoms with Gasteiger partial charge in [-0.3, -0.25) is 9.69 Å². The topological polar surface area (TPSA) is 53.4 Å². The first kappa shape index (κ1) is 12.5. The number of rotatable bonds is 5. The van der Waals surface area contributed by atoms with E-state index in [0.717, 1.165) is 25.3 Å². The molecule has 1 aliphatic rings. The minimum atomic E-state index is -0.689. The van der Waals surface area contributed by atoms with Gasteiger partial charge in [-0.05, 0) is 5.92 Å². The van der Waals surface area contributed by atoms with E-state index in [0.29, 0.717) is 18.3 Å². The van der Waals surface area contributed by atoms with Crippen LogP contribution in [0.2, 0.25) is 0 Å². The zero-order valence-corrected chi connectivity index (χ0v) is 11.0. The molecule has 94 valence electrons. The highest BCUT2D eigenvalue weighted by molar-refractivity contribution is 7.09. The lowest BCUT2D eigenvalue weighted by Gasteiger charge is -2.38. The van der Waals surface area contributed by atoms with Crippen molar-refractivity contribution in [2.45, 2.75) is 32.7 Å². The van der Waals surface area contributed by atoms with Crippen LogP contribution in [0.3, 0.4) is 0 Å². The molecule has 0 aliphatic carbocycles. The molecule has 0 bridgehead atoms. The summed E-state index contributed by atoms with van der Waals surface area (Å²) in [5.74, 6) is 0.131. The van der Waals surface area contributed by atoms with Crippen LogP contribution >= 0.6 is 11.3 Å². The number of hydrogen-bond acceptors (Lipinski definition) is 4. The van der Waals surface area contributed by atoms with Gasteiger partial charge in [0, 0.05) is 30.9 Å². The van der Waals surface area contributed by atoms with Gasteiger partial charge >= 0.3 is 5.97 Å². The normalized spacial score (nSPS) is 17.4. The first-order valence-electron chi connectivity index (χ1n) is 5.93. The molecule has 0 amide bonds. The van der Waals surface area contributed by atoms with E-state index in [9.17, 15) is 4.79 Å². The molecule has 1 aromatic heterocycles. The summed E-state index contributed by atoms with van der Waals surface area (Å²) in [6.07, 6.45) is 0.296. The Hall–Kier alpha value is -0.940. The van der Waals surface area contributed by atoms with E-state index in [1.165, 1.54) is 5.01 Å². The lowest BCUT2D eigenvalue weighted by Crippen LogP contribution is -2.46. The second-order valence-corrected chi connectivity index (χ2v) is 5.88. The van der Waals surface area contributed by atoms with Crippen molar-refractivity contribution in [1.29, 1.82) is 0 Å². The molecule has 0 atom stereocenters. The van der Waals surface area contributed by atoms with Gasteiger partial charge in [-0.25, -0.2) is 4.98 Å². The highest BCUT2D eigenvalue weighted by Gasteiger charge is 2.28. The summed E-state index contributed by atoms with van der Waals surface area (Å²) < 4.78 is 0. The average molecular weight is 254 g/mol. The predicted molar refractivity (Wildman–Crippen MR) is 67.2 cm³/mol. The molecule has 1 fully saturated rings. The molecule has 1 aromatic rings. The number of nitrogens with zero attached hydrogens (tertiary/aromatic N) is 2. The number of carboxylic acid groups (broad SMARTS) is 1. The fraction of sp³-hybridized carbons (Fsp3) is 0.667. The summed E-state index contributed by atoms with van der Waals surface area (Å²) in [5.41, 5.74) is 1.12. The summed E-state index contributed by atoms with van der Waals surface area (Å²) in [5, 5.41) is 12.0.